The number of nitrogens with two attached hydrogens (primary N) is 1. The Balaban J connectivity index is 2.32. The van der Waals surface area contributed by atoms with Crippen molar-refractivity contribution in [3.63, 3.8) is 0 Å². The van der Waals surface area contributed by atoms with Crippen molar-refractivity contribution in [3.8, 4) is 0 Å². The largest absolute Gasteiger partial charge is 0.460 e. The average Bonchev–Trinajstić information content (AvgIpc) is 2.33. The van der Waals surface area contributed by atoms with Gasteiger partial charge in [-0.3, -0.25) is 0 Å². The van der Waals surface area contributed by atoms with Crippen molar-refractivity contribution in [2.45, 2.75) is 19.8 Å². The highest BCUT2D eigenvalue weighted by molar-refractivity contribution is 6.31. The van der Waals surface area contributed by atoms with E-state index in [0.29, 0.717) is 29.5 Å². The van der Waals surface area contributed by atoms with Gasteiger partial charge >= 0.3 is 5.97 Å². The Morgan fingerprint density at radius 2 is 2.11 bits per heavy atom. The first-order valence-corrected chi connectivity index (χ1v) is 6.33. The molecule has 0 saturated heterocycles. The maximum Gasteiger partial charge on any atom is 0.340 e. The molecule has 0 heterocycles. The van der Waals surface area contributed by atoms with Crippen molar-refractivity contribution in [1.29, 1.82) is 0 Å². The van der Waals surface area contributed by atoms with Crippen LogP contribution in [0.2, 0.25) is 5.02 Å². The molecule has 100 valence electrons. The summed E-state index contributed by atoms with van der Waals surface area (Å²) in [6, 6.07) is 4.68. The summed E-state index contributed by atoms with van der Waals surface area (Å²) < 4.78 is 10.3. The summed E-state index contributed by atoms with van der Waals surface area (Å²) >= 11 is 5.74. The van der Waals surface area contributed by atoms with Crippen LogP contribution in [0.5, 0.6) is 0 Å². The van der Waals surface area contributed by atoms with E-state index < -0.39 is 5.97 Å². The lowest BCUT2D eigenvalue weighted by atomic mass is 10.2. The molecule has 0 aliphatic rings. The van der Waals surface area contributed by atoms with Crippen molar-refractivity contribution in [1.82, 2.24) is 0 Å². The predicted octanol–water partition coefficient (Wildman–Crippen LogP) is 2.90. The minimum atomic E-state index is -0.455. The van der Waals surface area contributed by atoms with Gasteiger partial charge in [0.2, 0.25) is 0 Å². The average molecular weight is 272 g/mol. The van der Waals surface area contributed by atoms with Gasteiger partial charge in [0.1, 0.15) is 6.61 Å². The lowest BCUT2D eigenvalue weighted by Crippen LogP contribution is -2.12. The van der Waals surface area contributed by atoms with Gasteiger partial charge in [0.05, 0.1) is 12.2 Å². The van der Waals surface area contributed by atoms with Gasteiger partial charge in [0.25, 0.3) is 0 Å². The van der Waals surface area contributed by atoms with Crippen LogP contribution in [0.4, 0.5) is 5.69 Å². The molecule has 0 aliphatic heterocycles. The summed E-state index contributed by atoms with van der Waals surface area (Å²) in [6.45, 7) is 3.41. The second-order valence-electron chi connectivity index (χ2n) is 3.83. The molecule has 0 spiro atoms. The zero-order valence-corrected chi connectivity index (χ0v) is 11.2. The molecule has 0 atom stereocenters. The lowest BCUT2D eigenvalue weighted by molar-refractivity contribution is 0.0315. The molecular formula is C13H18ClNO3. The minimum Gasteiger partial charge on any atom is -0.460 e. The van der Waals surface area contributed by atoms with Gasteiger partial charge in [-0.25, -0.2) is 4.79 Å². The molecule has 1 aromatic rings. The molecule has 1 rings (SSSR count). The number of nitrogen functional groups attached to an aromatic ring is 1. The van der Waals surface area contributed by atoms with Crippen LogP contribution < -0.4 is 5.73 Å². The molecule has 0 bridgehead atoms. The summed E-state index contributed by atoms with van der Waals surface area (Å²) in [7, 11) is 0. The molecule has 0 fully saturated rings. The highest BCUT2D eigenvalue weighted by Crippen LogP contribution is 2.18. The van der Waals surface area contributed by atoms with E-state index in [2.05, 4.69) is 6.92 Å². The minimum absolute atomic E-state index is 0.227. The summed E-state index contributed by atoms with van der Waals surface area (Å²) in [5, 5.41) is 0.493. The van der Waals surface area contributed by atoms with Gasteiger partial charge in [0.15, 0.2) is 0 Å². The van der Waals surface area contributed by atoms with Crippen LogP contribution in [0.15, 0.2) is 18.2 Å². The predicted molar refractivity (Wildman–Crippen MR) is 71.9 cm³/mol. The number of carbonyl (C=O) groups is 1. The standard InChI is InChI=1S/C13H18ClNO3/c1-2-3-6-17-7-8-18-13(16)11-5-4-10(14)9-12(11)15/h4-5,9H,2-3,6-8,15H2,1H3. The molecule has 1 aromatic carbocycles. The Labute approximate surface area is 112 Å². The van der Waals surface area contributed by atoms with E-state index in [1.54, 1.807) is 12.1 Å². The Bertz CT molecular complexity index is 396. The summed E-state index contributed by atoms with van der Waals surface area (Å²) in [6.07, 6.45) is 2.10. The van der Waals surface area contributed by atoms with Crippen LogP contribution in [0.25, 0.3) is 0 Å². The fraction of sp³-hybridized carbons (Fsp3) is 0.462. The van der Waals surface area contributed by atoms with Crippen molar-refractivity contribution in [2.24, 2.45) is 0 Å². The number of benzene rings is 1. The Morgan fingerprint density at radius 1 is 1.33 bits per heavy atom. The summed E-state index contributed by atoms with van der Waals surface area (Å²) in [5.74, 6) is -0.455. The number of halogens is 1. The third kappa shape index (κ3) is 4.94. The molecular weight excluding hydrogens is 254 g/mol. The number of hydrogen-bond acceptors (Lipinski definition) is 4. The molecule has 0 aromatic heterocycles. The molecule has 4 nitrogen and oxygen atoms in total. The van der Waals surface area contributed by atoms with E-state index in [-0.39, 0.29) is 6.61 Å². The quantitative estimate of drug-likeness (QED) is 0.471. The topological polar surface area (TPSA) is 61.5 Å². The van der Waals surface area contributed by atoms with Gasteiger partial charge < -0.3 is 15.2 Å². The summed E-state index contributed by atoms with van der Waals surface area (Å²) in [4.78, 5) is 11.7. The Hall–Kier alpha value is -1.26. The first-order valence-electron chi connectivity index (χ1n) is 5.95. The maximum atomic E-state index is 11.7. The highest BCUT2D eigenvalue weighted by Gasteiger charge is 2.11. The Kier molecular flexibility index (Phi) is 6.54. The first kappa shape index (κ1) is 14.8. The van der Waals surface area contributed by atoms with Crippen molar-refractivity contribution in [2.75, 3.05) is 25.6 Å². The van der Waals surface area contributed by atoms with Crippen LogP contribution in [0.3, 0.4) is 0 Å². The van der Waals surface area contributed by atoms with E-state index in [4.69, 9.17) is 26.8 Å². The first-order chi connectivity index (χ1) is 8.65. The number of rotatable bonds is 7. The van der Waals surface area contributed by atoms with E-state index in [9.17, 15) is 4.79 Å². The van der Waals surface area contributed by atoms with Gasteiger partial charge in [-0.1, -0.05) is 24.9 Å². The van der Waals surface area contributed by atoms with Gasteiger partial charge in [0, 0.05) is 17.3 Å². The number of ether oxygens (including phenoxy) is 2. The number of hydrogen-bond donors (Lipinski definition) is 1. The smallest absolute Gasteiger partial charge is 0.340 e. The highest BCUT2D eigenvalue weighted by atomic mass is 35.5. The van der Waals surface area contributed by atoms with E-state index in [0.717, 1.165) is 12.8 Å². The summed E-state index contributed by atoms with van der Waals surface area (Å²) in [5.41, 5.74) is 6.32. The van der Waals surface area contributed by atoms with E-state index >= 15 is 0 Å². The normalized spacial score (nSPS) is 10.3. The molecule has 0 radical (unpaired) electrons. The van der Waals surface area contributed by atoms with Crippen molar-refractivity contribution in [3.05, 3.63) is 28.8 Å². The number of carbonyl (C=O) groups excluding carboxylic acids is 1. The van der Waals surface area contributed by atoms with Gasteiger partial charge in [-0.15, -0.1) is 0 Å². The third-order valence-electron chi connectivity index (χ3n) is 2.34. The van der Waals surface area contributed by atoms with Crippen molar-refractivity contribution >= 4 is 23.3 Å². The molecule has 0 unspecified atom stereocenters. The second kappa shape index (κ2) is 7.95. The van der Waals surface area contributed by atoms with Crippen LogP contribution in [0, 0.1) is 0 Å². The number of anilines is 1. The monoisotopic (exact) mass is 271 g/mol. The molecule has 0 aliphatic carbocycles. The fourth-order valence-electron chi connectivity index (χ4n) is 1.34. The second-order valence-corrected chi connectivity index (χ2v) is 4.27. The molecule has 0 saturated carbocycles. The zero-order valence-electron chi connectivity index (χ0n) is 10.4. The van der Waals surface area contributed by atoms with Crippen LogP contribution in [-0.2, 0) is 9.47 Å². The Morgan fingerprint density at radius 3 is 2.78 bits per heavy atom. The van der Waals surface area contributed by atoms with E-state index in [1.165, 1.54) is 6.07 Å². The third-order valence-corrected chi connectivity index (χ3v) is 2.57. The molecule has 2 N–H and O–H groups in total. The van der Waals surface area contributed by atoms with E-state index in [1.807, 2.05) is 0 Å². The van der Waals surface area contributed by atoms with Crippen LogP contribution in [0.1, 0.15) is 30.1 Å². The lowest BCUT2D eigenvalue weighted by Gasteiger charge is -2.07. The molecule has 18 heavy (non-hydrogen) atoms. The molecule has 5 heteroatoms. The van der Waals surface area contributed by atoms with Crippen molar-refractivity contribution < 1.29 is 14.3 Å². The zero-order chi connectivity index (χ0) is 13.4. The molecule has 0 amide bonds. The number of unbranched alkanes of at least 4 members (excludes halogenated alkanes) is 1. The SMILES string of the molecule is CCCCOCCOC(=O)c1ccc(Cl)cc1N. The van der Waals surface area contributed by atoms with Crippen LogP contribution in [-0.4, -0.2) is 25.8 Å². The fourth-order valence-corrected chi connectivity index (χ4v) is 1.52. The van der Waals surface area contributed by atoms with Gasteiger partial charge in [-0.05, 0) is 24.6 Å². The maximum absolute atomic E-state index is 11.7. The van der Waals surface area contributed by atoms with Crippen LogP contribution >= 0.6 is 11.6 Å². The van der Waals surface area contributed by atoms with Gasteiger partial charge in [-0.2, -0.15) is 0 Å². The number of esters is 1.